The highest BCUT2D eigenvalue weighted by atomic mass is 15.1. The van der Waals surface area contributed by atoms with E-state index in [2.05, 4.69) is 168 Å². The third kappa shape index (κ3) is 5.75. The van der Waals surface area contributed by atoms with Gasteiger partial charge in [0.05, 0.1) is 23.3 Å². The molecule has 0 N–H and O–H groups in total. The quantitative estimate of drug-likeness (QED) is 0.174. The first-order chi connectivity index (χ1) is 26.7. The summed E-state index contributed by atoms with van der Waals surface area (Å²) in [6, 6.07) is 71.5. The normalized spacial score (nSPS) is 10.9. The number of benzene rings is 8. The second kappa shape index (κ2) is 13.8. The van der Waals surface area contributed by atoms with E-state index in [9.17, 15) is 10.5 Å². The molecule has 54 heavy (non-hydrogen) atoms. The Morgan fingerprint density at radius 1 is 0.259 bits per heavy atom. The Morgan fingerprint density at radius 3 is 0.833 bits per heavy atom. The van der Waals surface area contributed by atoms with Crippen LogP contribution in [0.4, 0.5) is 34.1 Å². The summed E-state index contributed by atoms with van der Waals surface area (Å²) in [6.45, 7) is 0. The van der Waals surface area contributed by atoms with E-state index in [0.717, 1.165) is 78.6 Å². The highest BCUT2D eigenvalue weighted by Crippen LogP contribution is 2.51. The first-order valence-electron chi connectivity index (χ1n) is 17.9. The Morgan fingerprint density at radius 2 is 0.537 bits per heavy atom. The molecule has 0 heterocycles. The van der Waals surface area contributed by atoms with Gasteiger partial charge in [0.2, 0.25) is 0 Å². The minimum Gasteiger partial charge on any atom is -0.310 e. The highest BCUT2D eigenvalue weighted by molar-refractivity contribution is 6.05. The lowest BCUT2D eigenvalue weighted by Crippen LogP contribution is -2.11. The van der Waals surface area contributed by atoms with Gasteiger partial charge in [-0.15, -0.1) is 0 Å². The largest absolute Gasteiger partial charge is 0.310 e. The second-order valence-corrected chi connectivity index (χ2v) is 13.2. The zero-order chi connectivity index (χ0) is 36.4. The molecule has 1 aliphatic rings. The number of hydrogen-bond donors (Lipinski definition) is 0. The molecule has 0 aliphatic heterocycles. The van der Waals surface area contributed by atoms with Crippen LogP contribution in [0.1, 0.15) is 11.1 Å². The number of para-hydroxylation sites is 4. The molecule has 0 saturated heterocycles. The number of hydrogen-bond acceptors (Lipinski definition) is 4. The fourth-order valence-corrected chi connectivity index (χ4v) is 7.60. The van der Waals surface area contributed by atoms with Crippen LogP contribution < -0.4 is 9.80 Å². The maximum atomic E-state index is 10.1. The molecule has 9 rings (SSSR count). The number of rotatable bonds is 6. The Kier molecular flexibility index (Phi) is 8.25. The van der Waals surface area contributed by atoms with Gasteiger partial charge in [0.25, 0.3) is 0 Å². The molecule has 0 bridgehead atoms. The van der Waals surface area contributed by atoms with E-state index in [1.807, 2.05) is 48.5 Å². The van der Waals surface area contributed by atoms with Crippen molar-refractivity contribution < 1.29 is 0 Å². The van der Waals surface area contributed by atoms with Gasteiger partial charge in [-0.2, -0.15) is 10.5 Å². The molecule has 252 valence electrons. The molecule has 8 aromatic rings. The summed E-state index contributed by atoms with van der Waals surface area (Å²) < 4.78 is 0. The van der Waals surface area contributed by atoms with Gasteiger partial charge in [0.15, 0.2) is 0 Å². The van der Waals surface area contributed by atoms with E-state index in [-0.39, 0.29) is 0 Å². The Balaban J connectivity index is 1.34. The molecule has 0 aromatic heterocycles. The van der Waals surface area contributed by atoms with Gasteiger partial charge in [-0.25, -0.2) is 0 Å². The van der Waals surface area contributed by atoms with Crippen LogP contribution in [0.25, 0.3) is 44.5 Å². The maximum absolute atomic E-state index is 10.1. The Labute approximate surface area is 315 Å². The summed E-state index contributed by atoms with van der Waals surface area (Å²) in [5, 5.41) is 20.3. The fraction of sp³-hybridized carbons (Fsp3) is 0. The topological polar surface area (TPSA) is 54.1 Å². The van der Waals surface area contributed by atoms with Crippen LogP contribution in [0.5, 0.6) is 0 Å². The summed E-state index contributed by atoms with van der Waals surface area (Å²) in [6.07, 6.45) is 0. The number of nitriles is 2. The van der Waals surface area contributed by atoms with Crippen LogP contribution in [-0.4, -0.2) is 0 Å². The maximum Gasteiger partial charge on any atom is 0.0991 e. The molecule has 0 amide bonds. The number of nitrogens with zero attached hydrogens (tertiary/aromatic N) is 4. The van der Waals surface area contributed by atoms with Crippen molar-refractivity contribution in [3.63, 3.8) is 0 Å². The molecule has 0 saturated carbocycles. The van der Waals surface area contributed by atoms with E-state index in [1.54, 1.807) is 0 Å². The second-order valence-electron chi connectivity index (χ2n) is 13.2. The molecule has 0 fully saturated rings. The van der Waals surface area contributed by atoms with Gasteiger partial charge in [0, 0.05) is 34.1 Å². The van der Waals surface area contributed by atoms with E-state index in [1.165, 1.54) is 0 Å². The molecule has 4 heteroatoms. The van der Waals surface area contributed by atoms with E-state index < -0.39 is 0 Å². The third-order valence-corrected chi connectivity index (χ3v) is 10.0. The predicted molar refractivity (Wildman–Crippen MR) is 221 cm³/mol. The lowest BCUT2D eigenvalue weighted by molar-refractivity contribution is 1.28. The molecular weight excluding hydrogens is 657 g/mol. The van der Waals surface area contributed by atoms with E-state index in [4.69, 9.17) is 0 Å². The zero-order valence-electron chi connectivity index (χ0n) is 29.3. The summed E-state index contributed by atoms with van der Waals surface area (Å²) in [7, 11) is 0. The minimum absolute atomic E-state index is 0.584. The van der Waals surface area contributed by atoms with Gasteiger partial charge in [-0.05, 0) is 142 Å². The SMILES string of the molecule is N#Cc1ccc2c(c1)-c1cc(N(c3ccccc3)c3ccccc3)ccc1-c1ccc(N(c3ccccc3)c3ccccc3)cc1-c1cc(C#N)ccc1-2. The Bertz CT molecular complexity index is 2460. The van der Waals surface area contributed by atoms with Crippen molar-refractivity contribution in [3.8, 4) is 56.6 Å². The van der Waals surface area contributed by atoms with Gasteiger partial charge >= 0.3 is 0 Å². The van der Waals surface area contributed by atoms with Crippen LogP contribution in [0.15, 0.2) is 194 Å². The van der Waals surface area contributed by atoms with Crippen molar-refractivity contribution in [1.29, 1.82) is 10.5 Å². The van der Waals surface area contributed by atoms with Crippen LogP contribution in [-0.2, 0) is 0 Å². The van der Waals surface area contributed by atoms with Crippen LogP contribution >= 0.6 is 0 Å². The summed E-state index contributed by atoms with van der Waals surface area (Å²) in [4.78, 5) is 4.53. The van der Waals surface area contributed by atoms with Crippen molar-refractivity contribution in [2.45, 2.75) is 0 Å². The summed E-state index contributed by atoms with van der Waals surface area (Å²) in [5.74, 6) is 0. The molecule has 0 radical (unpaired) electrons. The summed E-state index contributed by atoms with van der Waals surface area (Å²) in [5.41, 5.74) is 15.4. The first kappa shape index (κ1) is 32.3. The van der Waals surface area contributed by atoms with Crippen molar-refractivity contribution in [2.24, 2.45) is 0 Å². The lowest BCUT2D eigenvalue weighted by Gasteiger charge is -2.30. The lowest BCUT2D eigenvalue weighted by atomic mass is 9.79. The van der Waals surface area contributed by atoms with E-state index >= 15 is 0 Å². The molecule has 0 spiro atoms. The smallest absolute Gasteiger partial charge is 0.0991 e. The molecule has 1 aliphatic carbocycles. The van der Waals surface area contributed by atoms with Gasteiger partial charge in [-0.1, -0.05) is 97.1 Å². The van der Waals surface area contributed by atoms with Gasteiger partial charge in [0.1, 0.15) is 0 Å². The number of anilines is 6. The average Bonchev–Trinajstić information content (AvgIpc) is 3.24. The van der Waals surface area contributed by atoms with E-state index in [0.29, 0.717) is 11.1 Å². The molecule has 4 nitrogen and oxygen atoms in total. The van der Waals surface area contributed by atoms with Crippen LogP contribution in [0, 0.1) is 22.7 Å². The van der Waals surface area contributed by atoms with Crippen LogP contribution in [0.3, 0.4) is 0 Å². The minimum atomic E-state index is 0.584. The zero-order valence-corrected chi connectivity index (χ0v) is 29.3. The van der Waals surface area contributed by atoms with Crippen molar-refractivity contribution in [2.75, 3.05) is 9.80 Å². The standard InChI is InChI=1S/C50H32N4/c51-33-35-21-25-43-44-26-22-36(34-52)30-48(44)50-32-42(54(39-17-9-3-10-18-39)40-19-11-4-12-20-40)24-28-46(50)45-27-23-41(31-49(45)47(43)29-35)53(37-13-5-1-6-14-37)38-15-7-2-8-16-38/h1-32H. The fourth-order valence-electron chi connectivity index (χ4n) is 7.60. The monoisotopic (exact) mass is 688 g/mol. The van der Waals surface area contributed by atoms with Crippen LogP contribution in [0.2, 0.25) is 0 Å². The summed E-state index contributed by atoms with van der Waals surface area (Å²) >= 11 is 0. The van der Waals surface area contributed by atoms with Crippen molar-refractivity contribution in [1.82, 2.24) is 0 Å². The molecular formula is C50H32N4. The molecule has 0 atom stereocenters. The predicted octanol–water partition coefficient (Wildman–Crippen LogP) is 13.4. The number of fused-ring (bicyclic) bond motifs is 8. The van der Waals surface area contributed by atoms with Gasteiger partial charge in [-0.3, -0.25) is 0 Å². The van der Waals surface area contributed by atoms with Gasteiger partial charge < -0.3 is 9.80 Å². The third-order valence-electron chi connectivity index (χ3n) is 10.0. The highest BCUT2D eigenvalue weighted by Gasteiger charge is 2.26. The Hall–Kier alpha value is -7.66. The van der Waals surface area contributed by atoms with Crippen molar-refractivity contribution in [3.05, 3.63) is 205 Å². The molecule has 0 unspecified atom stereocenters. The average molecular weight is 689 g/mol. The van der Waals surface area contributed by atoms with Crippen molar-refractivity contribution >= 4 is 34.1 Å². The first-order valence-corrected chi connectivity index (χ1v) is 17.9. The molecule has 8 aromatic carbocycles.